The van der Waals surface area contributed by atoms with Crippen molar-refractivity contribution >= 4 is 28.8 Å². The second-order valence-electron chi connectivity index (χ2n) is 5.09. The van der Waals surface area contributed by atoms with Gasteiger partial charge >= 0.3 is 0 Å². The van der Waals surface area contributed by atoms with Gasteiger partial charge in [-0.15, -0.1) is 11.3 Å². The van der Waals surface area contributed by atoms with Gasteiger partial charge in [-0.2, -0.15) is 10.5 Å². The van der Waals surface area contributed by atoms with Gasteiger partial charge in [-0.25, -0.2) is 0 Å². The third-order valence-electron chi connectivity index (χ3n) is 3.91. The first-order valence-corrected chi connectivity index (χ1v) is 8.60. The highest BCUT2D eigenvalue weighted by molar-refractivity contribution is 8.03. The molecule has 2 N–H and O–H groups in total. The molecule has 0 bridgehead atoms. The van der Waals surface area contributed by atoms with Crippen molar-refractivity contribution in [2.45, 2.75) is 10.8 Å². The van der Waals surface area contributed by atoms with Crippen LogP contribution in [0.3, 0.4) is 0 Å². The smallest absolute Gasteiger partial charge is 0.123 e. The Balaban J connectivity index is 1.99. The van der Waals surface area contributed by atoms with Gasteiger partial charge in [-0.1, -0.05) is 30.0 Å². The maximum Gasteiger partial charge on any atom is 0.123 e. The summed E-state index contributed by atoms with van der Waals surface area (Å²) in [7, 11) is 0. The molecule has 1 aromatic heterocycles. The summed E-state index contributed by atoms with van der Waals surface area (Å²) in [5.74, 6) is 0.0374. The SMILES string of the molecule is N#CC1=C(N)N2C(=C(C#N)[C@H]1c1cccs1)Sc1ccccc12. The van der Waals surface area contributed by atoms with Crippen LogP contribution in [0.4, 0.5) is 5.69 Å². The topological polar surface area (TPSA) is 76.8 Å². The molecule has 23 heavy (non-hydrogen) atoms. The average Bonchev–Trinajstić information content (AvgIpc) is 3.22. The zero-order valence-electron chi connectivity index (χ0n) is 11.9. The van der Waals surface area contributed by atoms with Crippen molar-refractivity contribution in [2.24, 2.45) is 5.73 Å². The van der Waals surface area contributed by atoms with Gasteiger partial charge in [0.2, 0.25) is 0 Å². The minimum absolute atomic E-state index is 0.377. The van der Waals surface area contributed by atoms with Gasteiger partial charge in [0.25, 0.3) is 0 Å². The summed E-state index contributed by atoms with van der Waals surface area (Å²) in [6.45, 7) is 0. The van der Waals surface area contributed by atoms with Crippen LogP contribution in [0.1, 0.15) is 10.8 Å². The van der Waals surface area contributed by atoms with Crippen LogP contribution < -0.4 is 10.6 Å². The van der Waals surface area contributed by atoms with Crippen LogP contribution >= 0.6 is 23.1 Å². The molecule has 6 heteroatoms. The summed E-state index contributed by atoms with van der Waals surface area (Å²) in [6.07, 6.45) is 0. The van der Waals surface area contributed by atoms with E-state index in [-0.39, 0.29) is 5.92 Å². The monoisotopic (exact) mass is 334 g/mol. The lowest BCUT2D eigenvalue weighted by Gasteiger charge is -2.30. The van der Waals surface area contributed by atoms with E-state index in [1.54, 1.807) is 0 Å². The molecule has 0 saturated carbocycles. The summed E-state index contributed by atoms with van der Waals surface area (Å²) in [5.41, 5.74) is 8.28. The minimum atomic E-state index is -0.377. The van der Waals surface area contributed by atoms with E-state index in [0.29, 0.717) is 17.0 Å². The van der Waals surface area contributed by atoms with E-state index >= 15 is 0 Å². The Labute approximate surface area is 141 Å². The third-order valence-corrected chi connectivity index (χ3v) is 6.01. The number of para-hydroxylation sites is 1. The summed E-state index contributed by atoms with van der Waals surface area (Å²) >= 11 is 3.07. The number of thiophene rings is 1. The van der Waals surface area contributed by atoms with Gasteiger partial charge in [0, 0.05) is 9.77 Å². The molecule has 2 aromatic rings. The van der Waals surface area contributed by atoms with Crippen molar-refractivity contribution < 1.29 is 0 Å². The number of rotatable bonds is 1. The Morgan fingerprint density at radius 3 is 2.52 bits per heavy atom. The average molecular weight is 334 g/mol. The maximum atomic E-state index is 9.77. The molecule has 110 valence electrons. The molecule has 0 amide bonds. The first-order chi connectivity index (χ1) is 11.3. The fraction of sp³-hybridized carbons (Fsp3) is 0.0588. The van der Waals surface area contributed by atoms with Gasteiger partial charge in [-0.05, 0) is 23.6 Å². The summed E-state index contributed by atoms with van der Waals surface area (Å²) in [4.78, 5) is 3.84. The van der Waals surface area contributed by atoms with E-state index in [2.05, 4.69) is 12.1 Å². The van der Waals surface area contributed by atoms with Gasteiger partial charge in [0.05, 0.1) is 34.9 Å². The van der Waals surface area contributed by atoms with E-state index < -0.39 is 0 Å². The van der Waals surface area contributed by atoms with Gasteiger partial charge in [0.15, 0.2) is 0 Å². The van der Waals surface area contributed by atoms with Crippen LogP contribution in [0.2, 0.25) is 0 Å². The third kappa shape index (κ3) is 1.90. The van der Waals surface area contributed by atoms with Crippen LogP contribution in [-0.2, 0) is 0 Å². The fourth-order valence-electron chi connectivity index (χ4n) is 2.91. The molecular weight excluding hydrogens is 324 g/mol. The molecule has 1 atom stereocenters. The molecule has 0 fully saturated rings. The van der Waals surface area contributed by atoms with Crippen LogP contribution in [0.5, 0.6) is 0 Å². The lowest BCUT2D eigenvalue weighted by molar-refractivity contribution is 0.898. The van der Waals surface area contributed by atoms with Gasteiger partial charge in [-0.3, -0.25) is 4.90 Å². The number of allylic oxidation sites excluding steroid dienone is 2. The largest absolute Gasteiger partial charge is 0.384 e. The molecule has 0 spiro atoms. The zero-order valence-corrected chi connectivity index (χ0v) is 13.5. The Morgan fingerprint density at radius 1 is 1.04 bits per heavy atom. The van der Waals surface area contributed by atoms with E-state index in [4.69, 9.17) is 5.73 Å². The van der Waals surface area contributed by atoms with Crippen molar-refractivity contribution in [3.8, 4) is 12.1 Å². The zero-order chi connectivity index (χ0) is 16.0. The second-order valence-corrected chi connectivity index (χ2v) is 7.10. The van der Waals surface area contributed by atoms with E-state index in [1.165, 1.54) is 23.1 Å². The number of nitrogens with zero attached hydrogens (tertiary/aromatic N) is 3. The van der Waals surface area contributed by atoms with Crippen molar-refractivity contribution in [1.29, 1.82) is 10.5 Å². The molecule has 3 heterocycles. The highest BCUT2D eigenvalue weighted by atomic mass is 32.2. The Morgan fingerprint density at radius 2 is 1.83 bits per heavy atom. The highest BCUT2D eigenvalue weighted by Crippen LogP contribution is 2.54. The van der Waals surface area contributed by atoms with E-state index in [9.17, 15) is 10.5 Å². The molecule has 2 aliphatic rings. The van der Waals surface area contributed by atoms with Crippen molar-refractivity contribution in [3.05, 3.63) is 68.7 Å². The van der Waals surface area contributed by atoms with Crippen molar-refractivity contribution in [2.75, 3.05) is 4.90 Å². The molecule has 0 radical (unpaired) electrons. The molecule has 4 rings (SSSR count). The number of thioether (sulfide) groups is 1. The van der Waals surface area contributed by atoms with Crippen molar-refractivity contribution in [1.82, 2.24) is 0 Å². The molecule has 0 aliphatic carbocycles. The van der Waals surface area contributed by atoms with Gasteiger partial charge in [0.1, 0.15) is 10.9 Å². The highest BCUT2D eigenvalue weighted by Gasteiger charge is 2.40. The van der Waals surface area contributed by atoms with Crippen molar-refractivity contribution in [3.63, 3.8) is 0 Å². The van der Waals surface area contributed by atoms with Crippen LogP contribution in [0.15, 0.2) is 68.7 Å². The summed E-state index contributed by atoms with van der Waals surface area (Å²) in [5, 5.41) is 22.2. The predicted octanol–water partition coefficient (Wildman–Crippen LogP) is 3.89. The normalized spacial score (nSPS) is 19.2. The Hall–Kier alpha value is -2.67. The summed E-state index contributed by atoms with van der Waals surface area (Å²) < 4.78 is 0. The lowest BCUT2D eigenvalue weighted by atomic mass is 9.88. The number of nitrogens with two attached hydrogens (primary N) is 1. The molecule has 2 aliphatic heterocycles. The number of hydrogen-bond donors (Lipinski definition) is 1. The molecule has 0 unspecified atom stereocenters. The predicted molar refractivity (Wildman–Crippen MR) is 91.3 cm³/mol. The Bertz CT molecular complexity index is 942. The number of hydrogen-bond acceptors (Lipinski definition) is 6. The molecule has 1 aromatic carbocycles. The number of nitriles is 2. The lowest BCUT2D eigenvalue weighted by Crippen LogP contribution is -2.32. The number of benzene rings is 1. The maximum absolute atomic E-state index is 9.77. The van der Waals surface area contributed by atoms with Crippen LogP contribution in [0, 0.1) is 22.7 Å². The second kappa shape index (κ2) is 5.20. The fourth-order valence-corrected chi connectivity index (χ4v) is 4.94. The molecule has 0 saturated heterocycles. The van der Waals surface area contributed by atoms with Gasteiger partial charge < -0.3 is 5.73 Å². The molecule has 4 nitrogen and oxygen atoms in total. The van der Waals surface area contributed by atoms with Crippen LogP contribution in [0.25, 0.3) is 0 Å². The first-order valence-electron chi connectivity index (χ1n) is 6.90. The quantitative estimate of drug-likeness (QED) is 0.856. The Kier molecular flexibility index (Phi) is 3.16. The first kappa shape index (κ1) is 14.0. The van der Waals surface area contributed by atoms with Crippen LogP contribution in [-0.4, -0.2) is 0 Å². The van der Waals surface area contributed by atoms with E-state index in [1.807, 2.05) is 46.7 Å². The minimum Gasteiger partial charge on any atom is -0.384 e. The number of fused-ring (bicyclic) bond motifs is 3. The number of anilines is 1. The molecular formula is C17H10N4S2. The standard InChI is InChI=1S/C17H10N4S2/c18-8-10-15(14-6-3-7-22-14)11(9-19)17-21(16(10)20)12-4-1-2-5-13(12)23-17/h1-7,15H,20H2/t15-/m0/s1. The van der Waals surface area contributed by atoms with E-state index in [0.717, 1.165) is 20.5 Å². The summed E-state index contributed by atoms with van der Waals surface area (Å²) in [6, 6.07) is 16.3.